The number of hydrogen-bond acceptors (Lipinski definition) is 4. The molecule has 0 aliphatic carbocycles. The summed E-state index contributed by atoms with van der Waals surface area (Å²) in [7, 11) is 0. The fraction of sp³-hybridized carbons (Fsp3) is 0. The Hall–Kier alpha value is -1.47. The van der Waals surface area contributed by atoms with E-state index in [2.05, 4.69) is 26.2 Å². The van der Waals surface area contributed by atoms with E-state index < -0.39 is 11.7 Å². The first-order valence-corrected chi connectivity index (χ1v) is 6.15. The minimum Gasteiger partial charge on any atom is -0.398 e. The fourth-order valence-corrected chi connectivity index (χ4v) is 2.30. The molecule has 0 fully saturated rings. The monoisotopic (exact) mass is 315 g/mol. The van der Waals surface area contributed by atoms with E-state index >= 15 is 0 Å². The maximum Gasteiger partial charge on any atom is 0.259 e. The molecule has 0 atom stereocenters. The van der Waals surface area contributed by atoms with Crippen molar-refractivity contribution in [3.63, 3.8) is 0 Å². The lowest BCUT2D eigenvalue weighted by Crippen LogP contribution is -2.14. The predicted octanol–water partition coefficient (Wildman–Crippen LogP) is 2.88. The van der Waals surface area contributed by atoms with E-state index in [9.17, 15) is 9.18 Å². The Kier molecular flexibility index (Phi) is 3.39. The van der Waals surface area contributed by atoms with Crippen LogP contribution in [0.15, 0.2) is 28.2 Å². The highest BCUT2D eigenvalue weighted by Gasteiger charge is 2.12. The van der Waals surface area contributed by atoms with E-state index in [-0.39, 0.29) is 11.3 Å². The number of carbonyl (C=O) groups is 1. The topological polar surface area (TPSA) is 68.0 Å². The van der Waals surface area contributed by atoms with E-state index in [1.165, 1.54) is 23.5 Å². The van der Waals surface area contributed by atoms with Crippen LogP contribution in [-0.4, -0.2) is 10.9 Å². The van der Waals surface area contributed by atoms with Gasteiger partial charge in [0.15, 0.2) is 5.13 Å². The third-order valence-electron chi connectivity index (χ3n) is 1.96. The van der Waals surface area contributed by atoms with E-state index in [1.54, 1.807) is 6.20 Å². The fourth-order valence-electron chi connectivity index (χ4n) is 1.20. The molecule has 0 saturated heterocycles. The molecule has 0 spiro atoms. The number of nitrogens with two attached hydrogens (primary N) is 1. The van der Waals surface area contributed by atoms with Crippen molar-refractivity contribution in [1.82, 2.24) is 4.98 Å². The highest BCUT2D eigenvalue weighted by atomic mass is 79.9. The summed E-state index contributed by atoms with van der Waals surface area (Å²) in [5.41, 5.74) is 5.91. The number of carbonyl (C=O) groups excluding carboxylic acids is 1. The molecular formula is C10H7BrFN3OS. The lowest BCUT2D eigenvalue weighted by molar-refractivity contribution is 0.102. The number of thiazole rings is 1. The van der Waals surface area contributed by atoms with Gasteiger partial charge in [-0.15, -0.1) is 0 Å². The summed E-state index contributed by atoms with van der Waals surface area (Å²) in [6, 6.07) is 3.64. The molecule has 0 aliphatic heterocycles. The second kappa shape index (κ2) is 4.80. The highest BCUT2D eigenvalue weighted by molar-refractivity contribution is 9.11. The summed E-state index contributed by atoms with van der Waals surface area (Å²) in [5, 5.41) is 2.96. The van der Waals surface area contributed by atoms with Gasteiger partial charge in [-0.3, -0.25) is 10.1 Å². The SMILES string of the molecule is Nc1ccc(F)cc1C(=O)Nc1ncc(Br)s1. The van der Waals surface area contributed by atoms with Crippen molar-refractivity contribution in [3.8, 4) is 0 Å². The minimum atomic E-state index is -0.510. The second-order valence-electron chi connectivity index (χ2n) is 3.16. The van der Waals surface area contributed by atoms with Crippen LogP contribution in [0.2, 0.25) is 0 Å². The van der Waals surface area contributed by atoms with Crippen molar-refractivity contribution in [2.45, 2.75) is 0 Å². The molecule has 0 aliphatic rings. The van der Waals surface area contributed by atoms with E-state index in [4.69, 9.17) is 5.73 Å². The molecule has 4 nitrogen and oxygen atoms in total. The zero-order valence-electron chi connectivity index (χ0n) is 8.41. The number of halogens is 2. The van der Waals surface area contributed by atoms with Gasteiger partial charge >= 0.3 is 0 Å². The average Bonchev–Trinajstić information content (AvgIpc) is 2.67. The minimum absolute atomic E-state index is 0.0938. The molecular weight excluding hydrogens is 309 g/mol. The van der Waals surface area contributed by atoms with E-state index in [1.807, 2.05) is 0 Å². The molecule has 1 heterocycles. The maximum absolute atomic E-state index is 13.0. The van der Waals surface area contributed by atoms with Crippen LogP contribution >= 0.6 is 27.3 Å². The van der Waals surface area contributed by atoms with Gasteiger partial charge in [-0.1, -0.05) is 11.3 Å². The Bertz CT molecular complexity index is 572. The van der Waals surface area contributed by atoms with Gasteiger partial charge in [-0.25, -0.2) is 9.37 Å². The number of benzene rings is 1. The molecule has 1 amide bonds. The molecule has 1 aromatic carbocycles. The van der Waals surface area contributed by atoms with Crippen LogP contribution in [0.5, 0.6) is 0 Å². The first-order valence-electron chi connectivity index (χ1n) is 4.54. The van der Waals surface area contributed by atoms with Gasteiger partial charge in [0, 0.05) is 5.69 Å². The van der Waals surface area contributed by atoms with Gasteiger partial charge in [0.1, 0.15) is 5.82 Å². The van der Waals surface area contributed by atoms with Crippen LogP contribution < -0.4 is 11.1 Å². The summed E-state index contributed by atoms with van der Waals surface area (Å²) >= 11 is 4.48. The van der Waals surface area contributed by atoms with Crippen LogP contribution in [-0.2, 0) is 0 Å². The van der Waals surface area contributed by atoms with Crippen molar-refractivity contribution in [3.05, 3.63) is 39.6 Å². The maximum atomic E-state index is 13.0. The number of nitrogens with zero attached hydrogens (tertiary/aromatic N) is 1. The quantitative estimate of drug-likeness (QED) is 0.837. The Morgan fingerprint density at radius 3 is 2.94 bits per heavy atom. The van der Waals surface area contributed by atoms with Gasteiger partial charge in [-0.2, -0.15) is 0 Å². The highest BCUT2D eigenvalue weighted by Crippen LogP contribution is 2.24. The molecule has 88 valence electrons. The number of aromatic nitrogens is 1. The Balaban J connectivity index is 2.22. The molecule has 7 heteroatoms. The largest absolute Gasteiger partial charge is 0.398 e. The van der Waals surface area contributed by atoms with Crippen molar-refractivity contribution in [1.29, 1.82) is 0 Å². The molecule has 1 aromatic heterocycles. The molecule has 17 heavy (non-hydrogen) atoms. The first kappa shape index (κ1) is 12.0. The zero-order chi connectivity index (χ0) is 12.4. The molecule has 3 N–H and O–H groups in total. The standard InChI is InChI=1S/C10H7BrFN3OS/c11-8-4-14-10(17-8)15-9(16)6-3-5(12)1-2-7(6)13/h1-4H,13H2,(H,14,15,16). The second-order valence-corrected chi connectivity index (χ2v) is 5.57. The van der Waals surface area contributed by atoms with Crippen LogP contribution in [0, 0.1) is 5.82 Å². The summed E-state index contributed by atoms with van der Waals surface area (Å²) in [5.74, 6) is -0.992. The summed E-state index contributed by atoms with van der Waals surface area (Å²) in [6.45, 7) is 0. The molecule has 0 radical (unpaired) electrons. The lowest BCUT2D eigenvalue weighted by Gasteiger charge is -2.04. The summed E-state index contributed by atoms with van der Waals surface area (Å²) in [6.07, 6.45) is 1.56. The number of rotatable bonds is 2. The predicted molar refractivity (Wildman–Crippen MR) is 68.6 cm³/mol. The average molecular weight is 316 g/mol. The first-order chi connectivity index (χ1) is 8.06. The van der Waals surface area contributed by atoms with Gasteiger partial charge in [-0.05, 0) is 34.1 Å². The summed E-state index contributed by atoms with van der Waals surface area (Å²) < 4.78 is 13.8. The number of anilines is 2. The third-order valence-corrected chi connectivity index (χ3v) is 3.35. The summed E-state index contributed by atoms with van der Waals surface area (Å²) in [4.78, 5) is 15.7. The van der Waals surface area contributed by atoms with Crippen molar-refractivity contribution in [2.24, 2.45) is 0 Å². The van der Waals surface area contributed by atoms with Crippen molar-refractivity contribution < 1.29 is 9.18 Å². The van der Waals surface area contributed by atoms with Crippen molar-refractivity contribution >= 4 is 44.0 Å². The van der Waals surface area contributed by atoms with Gasteiger partial charge in [0.2, 0.25) is 0 Å². The molecule has 0 unspecified atom stereocenters. The van der Waals surface area contributed by atoms with E-state index in [0.29, 0.717) is 5.13 Å². The number of nitrogen functional groups attached to an aromatic ring is 1. The number of amides is 1. The van der Waals surface area contributed by atoms with Crippen LogP contribution in [0.25, 0.3) is 0 Å². The van der Waals surface area contributed by atoms with E-state index in [0.717, 1.165) is 9.85 Å². The molecule has 2 aromatic rings. The normalized spacial score (nSPS) is 10.2. The molecule has 0 bridgehead atoms. The smallest absolute Gasteiger partial charge is 0.259 e. The van der Waals surface area contributed by atoms with Crippen LogP contribution in [0.1, 0.15) is 10.4 Å². The lowest BCUT2D eigenvalue weighted by atomic mass is 10.1. The Morgan fingerprint density at radius 1 is 1.53 bits per heavy atom. The Labute approximate surface area is 109 Å². The van der Waals surface area contributed by atoms with Gasteiger partial charge in [0.05, 0.1) is 15.5 Å². The number of nitrogens with one attached hydrogen (secondary N) is 1. The number of hydrogen-bond donors (Lipinski definition) is 2. The third kappa shape index (κ3) is 2.80. The van der Waals surface area contributed by atoms with Crippen LogP contribution in [0.3, 0.4) is 0 Å². The molecule has 0 saturated carbocycles. The zero-order valence-corrected chi connectivity index (χ0v) is 10.8. The van der Waals surface area contributed by atoms with Crippen molar-refractivity contribution in [2.75, 3.05) is 11.1 Å². The van der Waals surface area contributed by atoms with Gasteiger partial charge < -0.3 is 5.73 Å². The van der Waals surface area contributed by atoms with Gasteiger partial charge in [0.25, 0.3) is 5.91 Å². The van der Waals surface area contributed by atoms with Crippen LogP contribution in [0.4, 0.5) is 15.2 Å². The molecule has 2 rings (SSSR count). The Morgan fingerprint density at radius 2 is 2.29 bits per heavy atom.